The first kappa shape index (κ1) is 20.4. The molecule has 2 rings (SSSR count). The maximum absolute atomic E-state index is 12.7. The standard InChI is InChI=1S/C19H18Cl2N2O2S/c1-5-23-17(25)14(9-11-7-6-8-13(20)15(11)21)26-18(23)12(10-22)16(24)19(2,3)4/h6-9H,5H2,1-4H3/b14-9+,18-12-. The largest absolute Gasteiger partial charge is 0.298 e. The first-order valence-corrected chi connectivity index (χ1v) is 9.53. The Balaban J connectivity index is 2.87. The molecule has 1 heterocycles. The predicted molar refractivity (Wildman–Crippen MR) is 107 cm³/mol. The van der Waals surface area contributed by atoms with Gasteiger partial charge in [-0.2, -0.15) is 5.26 Å². The first-order valence-electron chi connectivity index (χ1n) is 7.96. The van der Waals surface area contributed by atoms with Gasteiger partial charge in [-0.05, 0) is 24.6 Å². The van der Waals surface area contributed by atoms with Crippen molar-refractivity contribution < 1.29 is 4.79 Å². The van der Waals surface area contributed by atoms with Crippen molar-refractivity contribution in [3.8, 4) is 6.07 Å². The average molecular weight is 409 g/mol. The molecule has 0 saturated heterocycles. The number of aromatic nitrogens is 1. The van der Waals surface area contributed by atoms with Gasteiger partial charge in [0, 0.05) is 12.0 Å². The van der Waals surface area contributed by atoms with E-state index in [1.54, 1.807) is 52.0 Å². The summed E-state index contributed by atoms with van der Waals surface area (Å²) in [5.74, 6) is -0.296. The summed E-state index contributed by atoms with van der Waals surface area (Å²) in [5.41, 5.74) is -0.381. The second-order valence-electron chi connectivity index (χ2n) is 6.67. The molecular weight excluding hydrogens is 391 g/mol. The van der Waals surface area contributed by atoms with Gasteiger partial charge < -0.3 is 0 Å². The Labute approximate surface area is 165 Å². The summed E-state index contributed by atoms with van der Waals surface area (Å²) >= 11 is 13.3. The van der Waals surface area contributed by atoms with E-state index in [1.807, 2.05) is 6.07 Å². The summed E-state index contributed by atoms with van der Waals surface area (Å²) in [4.78, 5) is 25.4. The summed E-state index contributed by atoms with van der Waals surface area (Å²) in [7, 11) is 0. The van der Waals surface area contributed by atoms with Crippen molar-refractivity contribution >= 4 is 52.0 Å². The van der Waals surface area contributed by atoms with Crippen LogP contribution in [0.5, 0.6) is 0 Å². The van der Waals surface area contributed by atoms with Gasteiger partial charge in [0.1, 0.15) is 16.3 Å². The van der Waals surface area contributed by atoms with Gasteiger partial charge in [0.2, 0.25) is 0 Å². The predicted octanol–water partition coefficient (Wildman–Crippen LogP) is 3.35. The van der Waals surface area contributed by atoms with Crippen LogP contribution in [0.1, 0.15) is 33.3 Å². The van der Waals surface area contributed by atoms with Crippen molar-refractivity contribution in [1.29, 1.82) is 5.26 Å². The van der Waals surface area contributed by atoms with E-state index in [1.165, 1.54) is 4.57 Å². The van der Waals surface area contributed by atoms with Crippen molar-refractivity contribution in [2.24, 2.45) is 5.41 Å². The van der Waals surface area contributed by atoms with E-state index in [4.69, 9.17) is 23.2 Å². The molecular formula is C19H18Cl2N2O2S. The Kier molecular flexibility index (Phi) is 6.13. The Morgan fingerprint density at radius 2 is 2.00 bits per heavy atom. The second-order valence-corrected chi connectivity index (χ2v) is 8.49. The molecule has 0 saturated carbocycles. The van der Waals surface area contributed by atoms with Gasteiger partial charge in [-0.25, -0.2) is 0 Å². The minimum absolute atomic E-state index is 0.00158. The summed E-state index contributed by atoms with van der Waals surface area (Å²) in [6.07, 6.45) is 1.63. The SMILES string of the molecule is CCn1c(=O)/c(=C\c2cccc(Cl)c2Cl)s/c1=C(/C#N)C(=O)C(C)(C)C. The molecule has 0 bridgehead atoms. The van der Waals surface area contributed by atoms with Gasteiger partial charge in [0.05, 0.1) is 14.6 Å². The van der Waals surface area contributed by atoms with Crippen LogP contribution in [0.3, 0.4) is 0 Å². The molecule has 0 spiro atoms. The van der Waals surface area contributed by atoms with Crippen LogP contribution in [0.25, 0.3) is 11.6 Å². The molecule has 0 atom stereocenters. The molecule has 136 valence electrons. The van der Waals surface area contributed by atoms with Crippen LogP contribution in [0.15, 0.2) is 23.0 Å². The molecule has 0 aliphatic rings. The molecule has 0 unspecified atom stereocenters. The second kappa shape index (κ2) is 7.79. The molecule has 26 heavy (non-hydrogen) atoms. The number of nitrogens with zero attached hydrogens (tertiary/aromatic N) is 2. The van der Waals surface area contributed by atoms with Gasteiger partial charge >= 0.3 is 0 Å². The fraction of sp³-hybridized carbons (Fsp3) is 0.316. The smallest absolute Gasteiger partial charge is 0.269 e. The number of hydrogen-bond donors (Lipinski definition) is 0. The van der Waals surface area contributed by atoms with Gasteiger partial charge in [0.25, 0.3) is 5.56 Å². The van der Waals surface area contributed by atoms with Crippen LogP contribution in [-0.4, -0.2) is 10.4 Å². The minimum atomic E-state index is -0.718. The van der Waals surface area contributed by atoms with Crippen molar-refractivity contribution in [2.75, 3.05) is 0 Å². The molecule has 1 aromatic carbocycles. The normalized spacial score (nSPS) is 13.5. The molecule has 0 aliphatic carbocycles. The highest BCUT2D eigenvalue weighted by Crippen LogP contribution is 2.25. The zero-order chi connectivity index (χ0) is 19.6. The van der Waals surface area contributed by atoms with E-state index in [-0.39, 0.29) is 16.9 Å². The van der Waals surface area contributed by atoms with Crippen molar-refractivity contribution in [3.05, 3.63) is 53.4 Å². The quantitative estimate of drug-likeness (QED) is 0.781. The third kappa shape index (κ3) is 3.93. The third-order valence-corrected chi connectivity index (χ3v) is 5.69. The molecule has 0 aliphatic heterocycles. The number of benzene rings is 1. The first-order chi connectivity index (χ1) is 12.1. The van der Waals surface area contributed by atoms with Gasteiger partial charge in [-0.15, -0.1) is 11.3 Å². The lowest BCUT2D eigenvalue weighted by Crippen LogP contribution is -2.33. The van der Waals surface area contributed by atoms with Crippen LogP contribution >= 0.6 is 34.5 Å². The van der Waals surface area contributed by atoms with Gasteiger partial charge in [-0.3, -0.25) is 14.2 Å². The Bertz CT molecular complexity index is 1080. The number of carbonyl (C=O) groups excluding carboxylic acids is 1. The average Bonchev–Trinajstić information content (AvgIpc) is 2.87. The number of ketones is 1. The molecule has 0 amide bonds. The number of Topliss-reactive ketones (excluding diaryl/α,β-unsaturated/α-hetero) is 1. The summed E-state index contributed by atoms with van der Waals surface area (Å²) in [6, 6.07) is 7.13. The highest BCUT2D eigenvalue weighted by Gasteiger charge is 2.27. The van der Waals surface area contributed by atoms with Crippen LogP contribution in [0, 0.1) is 16.7 Å². The highest BCUT2D eigenvalue weighted by molar-refractivity contribution is 7.07. The Morgan fingerprint density at radius 3 is 2.54 bits per heavy atom. The number of halogens is 2. The number of hydrogen-bond acceptors (Lipinski definition) is 4. The number of thiazole rings is 1. The van der Waals surface area contributed by atoms with Crippen molar-refractivity contribution in [2.45, 2.75) is 34.2 Å². The zero-order valence-corrected chi connectivity index (χ0v) is 17.2. The fourth-order valence-electron chi connectivity index (χ4n) is 2.34. The highest BCUT2D eigenvalue weighted by atomic mass is 35.5. The van der Waals surface area contributed by atoms with Crippen molar-refractivity contribution in [1.82, 2.24) is 4.57 Å². The molecule has 1 aromatic heterocycles. The summed E-state index contributed by atoms with van der Waals surface area (Å²) < 4.78 is 2.20. The lowest BCUT2D eigenvalue weighted by molar-refractivity contribution is -0.120. The van der Waals surface area contributed by atoms with E-state index in [9.17, 15) is 14.9 Å². The molecule has 0 radical (unpaired) electrons. The topological polar surface area (TPSA) is 62.9 Å². The van der Waals surface area contributed by atoms with Gasteiger partial charge in [-0.1, -0.05) is 56.1 Å². The van der Waals surface area contributed by atoms with Crippen LogP contribution < -0.4 is 14.8 Å². The van der Waals surface area contributed by atoms with E-state index in [0.717, 1.165) is 11.3 Å². The molecule has 7 heteroatoms. The third-order valence-electron chi connectivity index (χ3n) is 3.73. The van der Waals surface area contributed by atoms with E-state index < -0.39 is 5.41 Å². The number of carbonyl (C=O) groups is 1. The van der Waals surface area contributed by atoms with Crippen LogP contribution in [0.2, 0.25) is 10.0 Å². The maximum Gasteiger partial charge on any atom is 0.269 e. The summed E-state index contributed by atoms with van der Waals surface area (Å²) in [5, 5.41) is 10.3. The molecule has 0 N–H and O–H groups in total. The lowest BCUT2D eigenvalue weighted by atomic mass is 9.87. The van der Waals surface area contributed by atoms with E-state index in [2.05, 4.69) is 0 Å². The molecule has 4 nitrogen and oxygen atoms in total. The Morgan fingerprint density at radius 1 is 1.35 bits per heavy atom. The molecule has 2 aromatic rings. The number of rotatable bonds is 3. The van der Waals surface area contributed by atoms with Gasteiger partial charge in [0.15, 0.2) is 5.78 Å². The van der Waals surface area contributed by atoms with Crippen LogP contribution in [-0.2, 0) is 11.3 Å². The number of nitriles is 1. The van der Waals surface area contributed by atoms with E-state index >= 15 is 0 Å². The minimum Gasteiger partial charge on any atom is -0.298 e. The maximum atomic E-state index is 12.7. The Hall–Kier alpha value is -1.87. The monoisotopic (exact) mass is 408 g/mol. The zero-order valence-electron chi connectivity index (χ0n) is 14.9. The summed E-state index contributed by atoms with van der Waals surface area (Å²) in [6.45, 7) is 7.38. The molecule has 0 fully saturated rings. The van der Waals surface area contributed by atoms with Crippen LogP contribution in [0.4, 0.5) is 0 Å². The van der Waals surface area contributed by atoms with E-state index in [0.29, 0.717) is 31.3 Å². The fourth-order valence-corrected chi connectivity index (χ4v) is 3.85. The lowest BCUT2D eigenvalue weighted by Gasteiger charge is -2.15. The van der Waals surface area contributed by atoms with Crippen molar-refractivity contribution in [3.63, 3.8) is 0 Å².